The summed E-state index contributed by atoms with van der Waals surface area (Å²) in [5.41, 5.74) is -1.72. The van der Waals surface area contributed by atoms with Crippen molar-refractivity contribution in [1.82, 2.24) is 15.6 Å². The number of carbonyl (C=O) groups is 1. The molecule has 0 aliphatic carbocycles. The van der Waals surface area contributed by atoms with Crippen molar-refractivity contribution in [3.63, 3.8) is 0 Å². The van der Waals surface area contributed by atoms with Crippen LogP contribution in [0.5, 0.6) is 5.75 Å². The average molecular weight is 594 g/mol. The quantitative estimate of drug-likeness (QED) is 0.246. The number of urea groups is 1. The van der Waals surface area contributed by atoms with Crippen molar-refractivity contribution >= 4 is 17.6 Å². The van der Waals surface area contributed by atoms with Crippen LogP contribution in [0, 0.1) is 5.82 Å². The summed E-state index contributed by atoms with van der Waals surface area (Å²) in [5.74, 6) is -5.62. The molecule has 0 bridgehead atoms. The third-order valence-electron chi connectivity index (χ3n) is 5.54. The molecule has 14 heteroatoms. The highest BCUT2D eigenvalue weighted by Crippen LogP contribution is 2.37. The number of ether oxygens (including phenoxy) is 2. The fraction of sp³-hybridized carbons (Fsp3) is 0.308. The maximum atomic E-state index is 14.8. The molecule has 0 saturated heterocycles. The number of rotatable bonds is 12. The van der Waals surface area contributed by atoms with Crippen molar-refractivity contribution < 1.29 is 45.0 Å². The number of nitrogens with one attached hydrogen (secondary N) is 2. The van der Waals surface area contributed by atoms with Gasteiger partial charge in [-0.05, 0) is 35.4 Å². The fourth-order valence-electron chi connectivity index (χ4n) is 3.83. The molecule has 1 unspecified atom stereocenters. The Morgan fingerprint density at radius 2 is 1.75 bits per heavy atom. The molecule has 0 aliphatic rings. The molecule has 0 spiro atoms. The number of benzene rings is 2. The molecule has 2 aromatic carbocycles. The van der Waals surface area contributed by atoms with Gasteiger partial charge in [-0.2, -0.15) is 17.6 Å². The van der Waals surface area contributed by atoms with Crippen LogP contribution in [-0.2, 0) is 16.7 Å². The highest BCUT2D eigenvalue weighted by atomic mass is 35.5. The van der Waals surface area contributed by atoms with Gasteiger partial charge in [0, 0.05) is 25.8 Å². The molecule has 0 saturated carbocycles. The Kier molecular flexibility index (Phi) is 9.85. The minimum atomic E-state index is -4.97. The monoisotopic (exact) mass is 593 g/mol. The van der Waals surface area contributed by atoms with E-state index in [4.69, 9.17) is 11.6 Å². The van der Waals surface area contributed by atoms with Gasteiger partial charge >= 0.3 is 18.6 Å². The van der Waals surface area contributed by atoms with Crippen molar-refractivity contribution in [3.05, 3.63) is 94.5 Å². The molecular formula is C26H23ClF7N3O3. The second kappa shape index (κ2) is 12.7. The lowest BCUT2D eigenvalue weighted by molar-refractivity contribution is -0.253. The summed E-state index contributed by atoms with van der Waals surface area (Å²) in [5, 5.41) is 4.67. The highest BCUT2D eigenvalue weighted by Gasteiger charge is 2.45. The van der Waals surface area contributed by atoms with Crippen molar-refractivity contribution in [2.75, 3.05) is 20.3 Å². The van der Waals surface area contributed by atoms with Gasteiger partial charge in [-0.25, -0.2) is 18.0 Å². The number of hydrogen-bond acceptors (Lipinski definition) is 4. The van der Waals surface area contributed by atoms with E-state index >= 15 is 0 Å². The zero-order valence-corrected chi connectivity index (χ0v) is 21.5. The van der Waals surface area contributed by atoms with Gasteiger partial charge in [0.2, 0.25) is 0 Å². The Bertz CT molecular complexity index is 1280. The first-order valence-corrected chi connectivity index (χ1v) is 11.9. The molecule has 6 nitrogen and oxygen atoms in total. The van der Waals surface area contributed by atoms with E-state index in [2.05, 4.69) is 19.8 Å². The van der Waals surface area contributed by atoms with Crippen LogP contribution >= 0.6 is 11.6 Å². The lowest BCUT2D eigenvalue weighted by Crippen LogP contribution is -2.54. The number of halogens is 8. The Hall–Kier alpha value is -3.58. The SMILES string of the molecule is COCC(F)(F)CNC(=O)NC(Cc1ccccc1)(c1cc(F)cc(OC(F)(F)C(F)F)c1)c1ccc(Cl)cn1. The molecule has 0 fully saturated rings. The van der Waals surface area contributed by atoms with Crippen LogP contribution in [0.3, 0.4) is 0 Å². The van der Waals surface area contributed by atoms with Crippen molar-refractivity contribution in [2.24, 2.45) is 0 Å². The molecule has 2 amide bonds. The molecule has 3 aromatic rings. The van der Waals surface area contributed by atoms with E-state index < -0.39 is 54.7 Å². The number of alkyl halides is 6. The van der Waals surface area contributed by atoms with Crippen LogP contribution < -0.4 is 15.4 Å². The minimum absolute atomic E-state index is 0.0169. The zero-order chi connectivity index (χ0) is 29.6. The van der Waals surface area contributed by atoms with Gasteiger partial charge in [0.15, 0.2) is 0 Å². The Morgan fingerprint density at radius 3 is 2.35 bits per heavy atom. The van der Waals surface area contributed by atoms with E-state index in [0.29, 0.717) is 11.6 Å². The summed E-state index contributed by atoms with van der Waals surface area (Å²) in [6, 6.07) is 11.9. The molecule has 0 aliphatic heterocycles. The second-order valence-corrected chi connectivity index (χ2v) is 9.10. The van der Waals surface area contributed by atoms with Crippen LogP contribution in [-0.4, -0.2) is 49.7 Å². The standard InChI is InChI=1S/C26H23ClF7N3O3/c1-39-15-24(31,32)14-36-23(38)37-25(12-16-5-3-2-4-6-16,21-8-7-18(27)13-35-21)17-9-19(28)11-20(10-17)40-26(33,34)22(29)30/h2-11,13,22H,12,14-15H2,1H3,(H2,36,37,38). The smallest absolute Gasteiger partial charge is 0.428 e. The fourth-order valence-corrected chi connectivity index (χ4v) is 3.94. The first-order valence-electron chi connectivity index (χ1n) is 11.5. The van der Waals surface area contributed by atoms with Crippen LogP contribution in [0.4, 0.5) is 35.5 Å². The third-order valence-corrected chi connectivity index (χ3v) is 5.76. The summed E-state index contributed by atoms with van der Waals surface area (Å²) in [6.07, 6.45) is -8.24. The molecule has 0 radical (unpaired) electrons. The number of methoxy groups -OCH3 is 1. The van der Waals surface area contributed by atoms with Gasteiger partial charge in [-0.15, -0.1) is 0 Å². The second-order valence-electron chi connectivity index (χ2n) is 8.67. The first-order chi connectivity index (χ1) is 18.8. The predicted molar refractivity (Wildman–Crippen MR) is 132 cm³/mol. The largest absolute Gasteiger partial charge is 0.461 e. The van der Waals surface area contributed by atoms with E-state index in [1.54, 1.807) is 30.3 Å². The lowest BCUT2D eigenvalue weighted by atomic mass is 9.80. The molecule has 1 aromatic heterocycles. The first kappa shape index (κ1) is 31.0. The zero-order valence-electron chi connectivity index (χ0n) is 20.7. The molecule has 1 heterocycles. The molecule has 40 heavy (non-hydrogen) atoms. The van der Waals surface area contributed by atoms with E-state index in [1.807, 2.05) is 5.32 Å². The van der Waals surface area contributed by atoms with Crippen molar-refractivity contribution in [2.45, 2.75) is 30.4 Å². The van der Waals surface area contributed by atoms with Gasteiger partial charge in [0.05, 0.1) is 17.3 Å². The lowest BCUT2D eigenvalue weighted by Gasteiger charge is -2.36. The molecule has 3 rings (SSSR count). The van der Waals surface area contributed by atoms with E-state index in [9.17, 15) is 35.5 Å². The maximum Gasteiger partial charge on any atom is 0.461 e. The van der Waals surface area contributed by atoms with Crippen LogP contribution in [0.15, 0.2) is 66.9 Å². The maximum absolute atomic E-state index is 14.8. The normalized spacial score (nSPS) is 13.6. The number of hydrogen-bond donors (Lipinski definition) is 2. The predicted octanol–water partition coefficient (Wildman–Crippen LogP) is 6.18. The van der Waals surface area contributed by atoms with Gasteiger partial charge < -0.3 is 20.1 Å². The van der Waals surface area contributed by atoms with Crippen LogP contribution in [0.25, 0.3) is 0 Å². The molecular weight excluding hydrogens is 571 g/mol. The summed E-state index contributed by atoms with van der Waals surface area (Å²) in [6.45, 7) is -2.15. The Morgan fingerprint density at radius 1 is 1.05 bits per heavy atom. The van der Waals surface area contributed by atoms with E-state index in [0.717, 1.165) is 19.2 Å². The topological polar surface area (TPSA) is 72.5 Å². The number of amides is 2. The summed E-state index contributed by atoms with van der Waals surface area (Å²) in [4.78, 5) is 17.2. The summed E-state index contributed by atoms with van der Waals surface area (Å²) >= 11 is 5.96. The summed E-state index contributed by atoms with van der Waals surface area (Å²) in [7, 11) is 1.05. The Labute approximate surface area is 229 Å². The van der Waals surface area contributed by atoms with Gasteiger partial charge in [-0.3, -0.25) is 4.98 Å². The van der Waals surface area contributed by atoms with Crippen molar-refractivity contribution in [1.29, 1.82) is 0 Å². The third kappa shape index (κ3) is 7.98. The van der Waals surface area contributed by atoms with E-state index in [-0.39, 0.29) is 22.7 Å². The minimum Gasteiger partial charge on any atom is -0.428 e. The molecule has 1 atom stereocenters. The average Bonchev–Trinajstić information content (AvgIpc) is 2.87. The summed E-state index contributed by atoms with van der Waals surface area (Å²) < 4.78 is 104. The number of pyridine rings is 1. The number of aromatic nitrogens is 1. The Balaban J connectivity index is 2.18. The van der Waals surface area contributed by atoms with Crippen molar-refractivity contribution in [3.8, 4) is 5.75 Å². The van der Waals surface area contributed by atoms with Gasteiger partial charge in [0.25, 0.3) is 5.92 Å². The van der Waals surface area contributed by atoms with Crippen LogP contribution in [0.1, 0.15) is 16.8 Å². The number of nitrogens with zero attached hydrogens (tertiary/aromatic N) is 1. The number of carbonyl (C=O) groups excluding carboxylic acids is 1. The molecule has 2 N–H and O–H groups in total. The highest BCUT2D eigenvalue weighted by molar-refractivity contribution is 6.30. The van der Waals surface area contributed by atoms with Gasteiger partial charge in [0.1, 0.15) is 23.7 Å². The van der Waals surface area contributed by atoms with Crippen LogP contribution in [0.2, 0.25) is 5.02 Å². The molecule has 216 valence electrons. The van der Waals surface area contributed by atoms with Gasteiger partial charge in [-0.1, -0.05) is 41.9 Å². The van der Waals surface area contributed by atoms with E-state index in [1.165, 1.54) is 18.3 Å².